The van der Waals surface area contributed by atoms with Gasteiger partial charge in [0.05, 0.1) is 22.5 Å². The van der Waals surface area contributed by atoms with Crippen LogP contribution in [0.1, 0.15) is 86.1 Å². The fourth-order valence-corrected chi connectivity index (χ4v) is 15.6. The van der Waals surface area contributed by atoms with Gasteiger partial charge in [0, 0.05) is 45.0 Å². The van der Waals surface area contributed by atoms with Crippen molar-refractivity contribution in [2.45, 2.75) is 64.2 Å². The summed E-state index contributed by atoms with van der Waals surface area (Å²) in [6.07, 6.45) is 0.627. The average Bonchev–Trinajstić information content (AvgIpc) is 1.49. The van der Waals surface area contributed by atoms with Crippen molar-refractivity contribution in [2.75, 3.05) is 9.80 Å². The third-order valence-electron chi connectivity index (χ3n) is 19.7. The fraction of sp³-hybridized carbons (Fsp3) is 0.122. The molecule has 0 bridgehead atoms. The predicted molar refractivity (Wildman–Crippen MR) is 359 cm³/mol. The molecule has 0 fully saturated rings. The molecule has 13 aromatic carbocycles. The molecule has 4 nitrogen and oxygen atoms in total. The van der Waals surface area contributed by atoms with Crippen LogP contribution in [0, 0.1) is 11.6 Å². The van der Waals surface area contributed by atoms with Crippen molar-refractivity contribution in [3.8, 4) is 22.3 Å². The summed E-state index contributed by atoms with van der Waals surface area (Å²) in [7, 11) is 0. The van der Waals surface area contributed by atoms with Crippen LogP contribution >= 0.6 is 0 Å². The molecule has 2 aliphatic carbocycles. The first-order valence-electron chi connectivity index (χ1n) is 30.6. The Morgan fingerprint density at radius 3 is 1.53 bits per heavy atom. The van der Waals surface area contributed by atoms with Crippen molar-refractivity contribution in [3.63, 3.8) is 0 Å². The molecule has 1 spiro atoms. The van der Waals surface area contributed by atoms with E-state index in [-0.39, 0.29) is 27.8 Å². The predicted octanol–water partition coefficient (Wildman–Crippen LogP) is 23.0. The summed E-state index contributed by atoms with van der Waals surface area (Å²) in [6.45, 7) is 13.5. The molecule has 3 heterocycles. The maximum atomic E-state index is 16.0. The Labute approximate surface area is 508 Å². The van der Waals surface area contributed by atoms with E-state index < -0.39 is 11.2 Å². The van der Waals surface area contributed by atoms with Gasteiger partial charge in [0.25, 0.3) is 0 Å². The number of furan rings is 2. The number of halogens is 2. The van der Waals surface area contributed by atoms with E-state index in [0.29, 0.717) is 17.6 Å². The molecular formula is C82H58F2N2O2. The third kappa shape index (κ3) is 6.94. The first kappa shape index (κ1) is 51.0. The van der Waals surface area contributed by atoms with Crippen molar-refractivity contribution >= 4 is 110 Å². The van der Waals surface area contributed by atoms with Gasteiger partial charge in [0.2, 0.25) is 0 Å². The zero-order chi connectivity index (χ0) is 59.3. The van der Waals surface area contributed by atoms with Gasteiger partial charge in [-0.3, -0.25) is 0 Å². The van der Waals surface area contributed by atoms with Gasteiger partial charge in [0.1, 0.15) is 0 Å². The van der Waals surface area contributed by atoms with Crippen LogP contribution in [0.5, 0.6) is 0 Å². The number of hydrogen-bond acceptors (Lipinski definition) is 4. The van der Waals surface area contributed by atoms with Crippen molar-refractivity contribution in [1.29, 1.82) is 0 Å². The van der Waals surface area contributed by atoms with E-state index in [1.54, 1.807) is 12.1 Å². The zero-order valence-electron chi connectivity index (χ0n) is 49.6. The molecule has 2 aromatic heterocycles. The number of nitrogens with zero attached hydrogens (tertiary/aromatic N) is 2. The Morgan fingerprint density at radius 2 is 0.875 bits per heavy atom. The molecule has 0 radical (unpaired) electrons. The summed E-state index contributed by atoms with van der Waals surface area (Å²) < 4.78 is 45.3. The van der Waals surface area contributed by atoms with E-state index in [9.17, 15) is 0 Å². The summed E-state index contributed by atoms with van der Waals surface area (Å²) in [5.41, 5.74) is 20.5. The van der Waals surface area contributed by atoms with Crippen molar-refractivity contribution in [2.24, 2.45) is 0 Å². The lowest BCUT2D eigenvalue weighted by Crippen LogP contribution is -2.27. The van der Waals surface area contributed by atoms with E-state index in [1.807, 2.05) is 18.2 Å². The smallest absolute Gasteiger partial charge is 0.171 e. The third-order valence-corrected chi connectivity index (χ3v) is 19.7. The zero-order valence-corrected chi connectivity index (χ0v) is 49.6. The van der Waals surface area contributed by atoms with E-state index in [0.717, 1.165) is 72.4 Å². The number of benzene rings is 13. The standard InChI is InChI=1S/C82H58F2N2O2/c1-80(2,3)48-29-33-50(34-30-48)85(73-27-15-23-61-59-21-13-25-71(83)76(59)87-78(61)73)52-37-39-58-65-41-47-40-46-28-38-62-60-22-14-26-72(84)77(60)88-79(62)75(46)86(51-35-31-49(32-36-51)81(4,5)6)74(47)45-70(65)82(68(58)42-52)67-24-12-11-20-57(67)66-43-63-55-18-9-7-16-53(55)54-17-8-10-19-56(54)64(63)44-69(66)82/h7-39,41-45H,40H2,1-6H3. The molecule has 1 atom stereocenters. The van der Waals surface area contributed by atoms with Crippen molar-refractivity contribution in [3.05, 3.63) is 287 Å². The fourth-order valence-electron chi connectivity index (χ4n) is 15.6. The van der Waals surface area contributed by atoms with Gasteiger partial charge in [-0.1, -0.05) is 193 Å². The van der Waals surface area contributed by atoms with Crippen LogP contribution in [0.15, 0.2) is 239 Å². The van der Waals surface area contributed by atoms with Crippen LogP contribution in [-0.4, -0.2) is 0 Å². The van der Waals surface area contributed by atoms with Crippen LogP contribution in [0.3, 0.4) is 0 Å². The molecule has 0 saturated heterocycles. The molecule has 0 amide bonds. The topological polar surface area (TPSA) is 32.8 Å². The Kier molecular flexibility index (Phi) is 10.4. The monoisotopic (exact) mass is 1140 g/mol. The van der Waals surface area contributed by atoms with Crippen LogP contribution in [0.4, 0.5) is 42.9 Å². The highest BCUT2D eigenvalue weighted by Crippen LogP contribution is 2.66. The lowest BCUT2D eigenvalue weighted by molar-refractivity contribution is 0.584. The Bertz CT molecular complexity index is 5540. The SMILES string of the molecule is CC(C)(C)c1ccc(N(c2ccc3c(c2)C2(c4ccccc4-c4cc5c6ccccc6c6ccccc6c5cc42)c2cc4c(cc2-3)Cc2ccc3c(oc5c(F)cccc53)c2N4c2ccc(C(C)(C)C)cc2)c2cccc3c2oc2c(F)cccc23)cc1. The second-order valence-corrected chi connectivity index (χ2v) is 26.6. The van der Waals surface area contributed by atoms with Crippen LogP contribution < -0.4 is 9.80 Å². The first-order chi connectivity index (χ1) is 42.7. The summed E-state index contributed by atoms with van der Waals surface area (Å²) in [5.74, 6) is -0.779. The summed E-state index contributed by atoms with van der Waals surface area (Å²) in [5, 5.41) is 10.5. The van der Waals surface area contributed by atoms with Crippen LogP contribution in [-0.2, 0) is 22.7 Å². The summed E-state index contributed by atoms with van der Waals surface area (Å²) in [4.78, 5) is 4.70. The van der Waals surface area contributed by atoms with E-state index >= 15 is 8.78 Å². The Balaban J connectivity index is 0.958. The highest BCUT2D eigenvalue weighted by atomic mass is 19.1. The Hall–Kier alpha value is -10.3. The molecule has 6 heteroatoms. The van der Waals surface area contributed by atoms with Gasteiger partial charge < -0.3 is 18.6 Å². The molecule has 1 unspecified atom stereocenters. The van der Waals surface area contributed by atoms with Crippen LogP contribution in [0.2, 0.25) is 0 Å². The minimum Gasteiger partial charge on any atom is -0.451 e. The maximum Gasteiger partial charge on any atom is 0.171 e. The number of hydrogen-bond donors (Lipinski definition) is 0. The molecule has 422 valence electrons. The molecule has 88 heavy (non-hydrogen) atoms. The molecule has 15 aromatic rings. The second-order valence-electron chi connectivity index (χ2n) is 26.6. The highest BCUT2D eigenvalue weighted by molar-refractivity contribution is 6.26. The number of para-hydroxylation sites is 3. The first-order valence-corrected chi connectivity index (χ1v) is 30.6. The van der Waals surface area contributed by atoms with Gasteiger partial charge in [-0.05, 0) is 189 Å². The maximum absolute atomic E-state index is 16.0. The molecule has 3 aliphatic rings. The van der Waals surface area contributed by atoms with Crippen molar-refractivity contribution in [1.82, 2.24) is 0 Å². The molecule has 0 N–H and O–H groups in total. The Morgan fingerprint density at radius 1 is 0.375 bits per heavy atom. The van der Waals surface area contributed by atoms with Crippen LogP contribution in [0.25, 0.3) is 98.4 Å². The average molecular weight is 1140 g/mol. The quantitative estimate of drug-likeness (QED) is 0.164. The number of rotatable bonds is 4. The minimum atomic E-state index is -0.866. The summed E-state index contributed by atoms with van der Waals surface area (Å²) in [6, 6.07) is 82.6. The van der Waals surface area contributed by atoms with Gasteiger partial charge >= 0.3 is 0 Å². The van der Waals surface area contributed by atoms with E-state index in [1.165, 1.54) is 94.5 Å². The molecule has 1 aliphatic heterocycles. The number of anilines is 6. The lowest BCUT2D eigenvalue weighted by Gasteiger charge is -2.36. The largest absolute Gasteiger partial charge is 0.451 e. The molecule has 18 rings (SSSR count). The molecular weight excluding hydrogens is 1080 g/mol. The normalized spacial score (nSPS) is 15.0. The highest BCUT2D eigenvalue weighted by Gasteiger charge is 2.53. The second kappa shape index (κ2) is 17.9. The minimum absolute atomic E-state index is 0.0788. The van der Waals surface area contributed by atoms with Gasteiger partial charge in [0.15, 0.2) is 34.0 Å². The van der Waals surface area contributed by atoms with E-state index in [2.05, 4.69) is 239 Å². The van der Waals surface area contributed by atoms with Gasteiger partial charge in [-0.15, -0.1) is 0 Å². The number of fused-ring (bicyclic) bond motifs is 25. The van der Waals surface area contributed by atoms with Crippen molar-refractivity contribution < 1.29 is 17.6 Å². The van der Waals surface area contributed by atoms with E-state index in [4.69, 9.17) is 8.83 Å². The van der Waals surface area contributed by atoms with Gasteiger partial charge in [-0.25, -0.2) is 8.78 Å². The lowest BCUT2D eigenvalue weighted by atomic mass is 9.69. The van der Waals surface area contributed by atoms with Gasteiger partial charge in [-0.2, -0.15) is 0 Å². The summed E-state index contributed by atoms with van der Waals surface area (Å²) >= 11 is 0. The molecule has 0 saturated carbocycles.